The molecule has 0 saturated carbocycles. The number of aromatic amines is 1. The van der Waals surface area contributed by atoms with Gasteiger partial charge in [-0.2, -0.15) is 0 Å². The third-order valence-corrected chi connectivity index (χ3v) is 2.64. The van der Waals surface area contributed by atoms with Crippen LogP contribution in [0.4, 0.5) is 0 Å². The lowest BCUT2D eigenvalue weighted by Crippen LogP contribution is -1.97. The summed E-state index contributed by atoms with van der Waals surface area (Å²) in [5.74, 6) is 0.976. The van der Waals surface area contributed by atoms with Gasteiger partial charge in [-0.25, -0.2) is 4.98 Å². The van der Waals surface area contributed by atoms with E-state index in [1.165, 1.54) is 0 Å². The second-order valence-electron chi connectivity index (χ2n) is 3.64. The fourth-order valence-electron chi connectivity index (χ4n) is 1.92. The Labute approximate surface area is 82.1 Å². The number of nitrogens with one attached hydrogen (secondary N) is 1. The van der Waals surface area contributed by atoms with Crippen LogP contribution in [0.3, 0.4) is 0 Å². The molecule has 0 unspecified atom stereocenters. The van der Waals surface area contributed by atoms with Crippen LogP contribution in [0.15, 0.2) is 24.3 Å². The molecule has 0 amide bonds. The number of nitrogens with zero attached hydrogens (tertiary/aromatic N) is 1. The highest BCUT2D eigenvalue weighted by Crippen LogP contribution is 2.27. The van der Waals surface area contributed by atoms with Crippen LogP contribution in [0, 0.1) is 0 Å². The molecule has 1 aliphatic rings. The molecule has 3 heteroatoms. The Bertz CT molecular complexity index is 410. The number of benzene rings is 1. The van der Waals surface area contributed by atoms with Crippen LogP contribution >= 0.6 is 0 Å². The van der Waals surface area contributed by atoms with Gasteiger partial charge in [-0.15, -0.1) is 0 Å². The van der Waals surface area contributed by atoms with Crippen molar-refractivity contribution in [2.24, 2.45) is 0 Å². The van der Waals surface area contributed by atoms with E-state index in [1.54, 1.807) is 0 Å². The van der Waals surface area contributed by atoms with Crippen LogP contribution in [0.1, 0.15) is 24.8 Å². The molecule has 0 aliphatic carbocycles. The molecule has 1 saturated heterocycles. The molecule has 0 bridgehead atoms. The van der Waals surface area contributed by atoms with Gasteiger partial charge in [0.15, 0.2) is 0 Å². The standard InChI is InChI=1S/C11H12N2O/c1-2-5-9-8(4-1)12-11(13-9)10-6-3-7-14-10/h1-2,4-5,10H,3,6-7H2,(H,12,13)/t10-/m0/s1. The minimum absolute atomic E-state index is 0.183. The van der Waals surface area contributed by atoms with Crippen molar-refractivity contribution < 1.29 is 4.74 Å². The molecule has 1 atom stereocenters. The zero-order valence-electron chi connectivity index (χ0n) is 7.86. The Hall–Kier alpha value is -1.35. The fourth-order valence-corrected chi connectivity index (χ4v) is 1.92. The zero-order valence-corrected chi connectivity index (χ0v) is 7.86. The normalized spacial score (nSPS) is 21.9. The largest absolute Gasteiger partial charge is 0.370 e. The lowest BCUT2D eigenvalue weighted by molar-refractivity contribution is 0.106. The molecule has 0 radical (unpaired) electrons. The minimum atomic E-state index is 0.183. The van der Waals surface area contributed by atoms with Gasteiger partial charge in [0.2, 0.25) is 0 Å². The molecule has 0 spiro atoms. The number of imidazole rings is 1. The van der Waals surface area contributed by atoms with E-state index < -0.39 is 0 Å². The third kappa shape index (κ3) is 1.21. The molecule has 72 valence electrons. The van der Waals surface area contributed by atoms with E-state index in [0.717, 1.165) is 36.3 Å². The minimum Gasteiger partial charge on any atom is -0.370 e. The van der Waals surface area contributed by atoms with Crippen molar-refractivity contribution in [3.8, 4) is 0 Å². The van der Waals surface area contributed by atoms with Gasteiger partial charge in [0, 0.05) is 6.61 Å². The highest BCUT2D eigenvalue weighted by Gasteiger charge is 2.20. The summed E-state index contributed by atoms with van der Waals surface area (Å²) < 4.78 is 5.57. The summed E-state index contributed by atoms with van der Waals surface area (Å²) in [6, 6.07) is 8.08. The number of fused-ring (bicyclic) bond motifs is 1. The van der Waals surface area contributed by atoms with Gasteiger partial charge in [0.25, 0.3) is 0 Å². The molecule has 3 nitrogen and oxygen atoms in total. The first-order chi connectivity index (χ1) is 6.93. The molecule has 1 aromatic heterocycles. The molecule has 1 aromatic carbocycles. The Morgan fingerprint density at radius 1 is 1.36 bits per heavy atom. The maximum absolute atomic E-state index is 5.57. The van der Waals surface area contributed by atoms with E-state index >= 15 is 0 Å². The Balaban J connectivity index is 2.05. The Kier molecular flexibility index (Phi) is 1.77. The van der Waals surface area contributed by atoms with Crippen molar-refractivity contribution in [1.29, 1.82) is 0 Å². The van der Waals surface area contributed by atoms with Gasteiger partial charge in [0.1, 0.15) is 11.9 Å². The fraction of sp³-hybridized carbons (Fsp3) is 0.364. The van der Waals surface area contributed by atoms with Gasteiger partial charge in [-0.1, -0.05) is 12.1 Å². The maximum atomic E-state index is 5.57. The number of hydrogen-bond donors (Lipinski definition) is 1. The number of rotatable bonds is 1. The van der Waals surface area contributed by atoms with E-state index in [4.69, 9.17) is 4.74 Å². The van der Waals surface area contributed by atoms with Crippen LogP contribution in [0.2, 0.25) is 0 Å². The van der Waals surface area contributed by atoms with Crippen molar-refractivity contribution in [3.05, 3.63) is 30.1 Å². The topological polar surface area (TPSA) is 37.9 Å². The van der Waals surface area contributed by atoms with Crippen molar-refractivity contribution in [1.82, 2.24) is 9.97 Å². The first-order valence-corrected chi connectivity index (χ1v) is 5.00. The predicted octanol–water partition coefficient (Wildman–Crippen LogP) is 2.41. The van der Waals surface area contributed by atoms with E-state index in [2.05, 4.69) is 9.97 Å². The molecule has 1 fully saturated rings. The summed E-state index contributed by atoms with van der Waals surface area (Å²) in [6.07, 6.45) is 2.41. The molecule has 2 heterocycles. The van der Waals surface area contributed by atoms with Crippen LogP contribution in [0.25, 0.3) is 11.0 Å². The SMILES string of the molecule is c1ccc2[nH]c([C@@H]3CCCO3)nc2c1. The van der Waals surface area contributed by atoms with Gasteiger partial charge in [-0.3, -0.25) is 0 Å². The summed E-state index contributed by atoms with van der Waals surface area (Å²) >= 11 is 0. The molecule has 3 rings (SSSR count). The van der Waals surface area contributed by atoms with Gasteiger partial charge in [-0.05, 0) is 25.0 Å². The number of ether oxygens (including phenoxy) is 1. The quantitative estimate of drug-likeness (QED) is 0.746. The van der Waals surface area contributed by atoms with Gasteiger partial charge in [0.05, 0.1) is 11.0 Å². The summed E-state index contributed by atoms with van der Waals surface area (Å²) in [5, 5.41) is 0. The summed E-state index contributed by atoms with van der Waals surface area (Å²) in [4.78, 5) is 7.82. The number of hydrogen-bond acceptors (Lipinski definition) is 2. The van der Waals surface area contributed by atoms with Crippen molar-refractivity contribution in [3.63, 3.8) is 0 Å². The molecular formula is C11H12N2O. The van der Waals surface area contributed by atoms with Crippen molar-refractivity contribution in [2.45, 2.75) is 18.9 Å². The smallest absolute Gasteiger partial charge is 0.136 e. The monoisotopic (exact) mass is 188 g/mol. The first kappa shape index (κ1) is 8.00. The van der Waals surface area contributed by atoms with Crippen LogP contribution in [-0.4, -0.2) is 16.6 Å². The van der Waals surface area contributed by atoms with Crippen molar-refractivity contribution in [2.75, 3.05) is 6.61 Å². The highest BCUT2D eigenvalue weighted by atomic mass is 16.5. The molecule has 14 heavy (non-hydrogen) atoms. The van der Waals surface area contributed by atoms with E-state index in [1.807, 2.05) is 24.3 Å². The Morgan fingerprint density at radius 3 is 3.07 bits per heavy atom. The summed E-state index contributed by atoms with van der Waals surface area (Å²) in [5.41, 5.74) is 2.12. The third-order valence-electron chi connectivity index (χ3n) is 2.64. The second kappa shape index (κ2) is 3.10. The van der Waals surface area contributed by atoms with E-state index in [9.17, 15) is 0 Å². The second-order valence-corrected chi connectivity index (χ2v) is 3.64. The highest BCUT2D eigenvalue weighted by molar-refractivity contribution is 5.74. The molecule has 2 aromatic rings. The lowest BCUT2D eigenvalue weighted by Gasteiger charge is -2.03. The summed E-state index contributed by atoms with van der Waals surface area (Å²) in [7, 11) is 0. The molecule has 1 aliphatic heterocycles. The van der Waals surface area contributed by atoms with Crippen LogP contribution in [0.5, 0.6) is 0 Å². The predicted molar refractivity (Wildman–Crippen MR) is 54.0 cm³/mol. The zero-order chi connectivity index (χ0) is 9.38. The molecule has 1 N–H and O–H groups in total. The summed E-state index contributed by atoms with van der Waals surface area (Å²) in [6.45, 7) is 0.863. The van der Waals surface area contributed by atoms with E-state index in [-0.39, 0.29) is 6.10 Å². The van der Waals surface area contributed by atoms with Gasteiger partial charge >= 0.3 is 0 Å². The number of H-pyrrole nitrogens is 1. The lowest BCUT2D eigenvalue weighted by atomic mass is 10.2. The number of para-hydroxylation sites is 2. The first-order valence-electron chi connectivity index (χ1n) is 5.00. The average molecular weight is 188 g/mol. The number of aromatic nitrogens is 2. The van der Waals surface area contributed by atoms with Crippen LogP contribution < -0.4 is 0 Å². The van der Waals surface area contributed by atoms with Crippen molar-refractivity contribution >= 4 is 11.0 Å². The van der Waals surface area contributed by atoms with Crippen LogP contribution in [-0.2, 0) is 4.74 Å². The average Bonchev–Trinajstić information content (AvgIpc) is 2.86. The maximum Gasteiger partial charge on any atom is 0.136 e. The van der Waals surface area contributed by atoms with E-state index in [0.29, 0.717) is 0 Å². The van der Waals surface area contributed by atoms with Gasteiger partial charge < -0.3 is 9.72 Å². The molecular weight excluding hydrogens is 176 g/mol. The Morgan fingerprint density at radius 2 is 2.29 bits per heavy atom.